The molecule has 11 heteroatoms. The van der Waals surface area contributed by atoms with Crippen LogP contribution in [0.5, 0.6) is 0 Å². The Morgan fingerprint density at radius 3 is 1.56 bits per heavy atom. The number of hydrogen-bond acceptors (Lipinski definition) is 7. The highest BCUT2D eigenvalue weighted by atomic mass is 31.2. The zero-order valence-corrected chi connectivity index (χ0v) is 26.6. The third kappa shape index (κ3) is 31.3. The van der Waals surface area contributed by atoms with Crippen LogP contribution in [0.4, 0.5) is 0 Å². The van der Waals surface area contributed by atoms with Gasteiger partial charge >= 0.3 is 19.8 Å². The Labute approximate surface area is 248 Å². The van der Waals surface area contributed by atoms with E-state index in [1.807, 2.05) is 0 Å². The van der Waals surface area contributed by atoms with Crippen LogP contribution >= 0.6 is 7.82 Å². The standard InChI is InChI=1S/C30H58NO9P/c1-3-4-5-6-7-10-14-17-20-23-30(34)40-28(26-39-41(35,36)37)25-38-29(33)22-19-16-13-11-8-9-12-15-18-21-24-31-27(2)32/h28H,3-26H2,1-2H3,(H,31,32)(H2,35,36,37)/t28-/m1/s1. The number of carbonyl (C=O) groups excluding carboxylic acids is 3. The number of phosphoric ester groups is 1. The summed E-state index contributed by atoms with van der Waals surface area (Å²) in [6, 6.07) is 0. The van der Waals surface area contributed by atoms with Gasteiger partial charge in [0.25, 0.3) is 0 Å². The highest BCUT2D eigenvalue weighted by molar-refractivity contribution is 7.46. The van der Waals surface area contributed by atoms with Crippen molar-refractivity contribution < 1.29 is 42.7 Å². The predicted molar refractivity (Wildman–Crippen MR) is 160 cm³/mol. The summed E-state index contributed by atoms with van der Waals surface area (Å²) in [7, 11) is -4.75. The number of unbranched alkanes of at least 4 members (excludes halogenated alkanes) is 17. The molecule has 0 bridgehead atoms. The van der Waals surface area contributed by atoms with Gasteiger partial charge in [-0.05, 0) is 19.3 Å². The third-order valence-corrected chi connectivity index (χ3v) is 7.31. The van der Waals surface area contributed by atoms with Gasteiger partial charge in [0.15, 0.2) is 6.10 Å². The number of ether oxygens (including phenoxy) is 2. The van der Waals surface area contributed by atoms with E-state index in [0.29, 0.717) is 12.8 Å². The molecule has 1 atom stereocenters. The van der Waals surface area contributed by atoms with Crippen molar-refractivity contribution >= 4 is 25.7 Å². The van der Waals surface area contributed by atoms with Crippen LogP contribution in [0, 0.1) is 0 Å². The molecule has 3 N–H and O–H groups in total. The topological polar surface area (TPSA) is 148 Å². The first-order valence-corrected chi connectivity index (χ1v) is 17.5. The molecule has 0 aromatic rings. The second kappa shape index (κ2) is 27.4. The van der Waals surface area contributed by atoms with Crippen molar-refractivity contribution in [1.29, 1.82) is 0 Å². The maximum atomic E-state index is 12.2. The largest absolute Gasteiger partial charge is 0.469 e. The van der Waals surface area contributed by atoms with E-state index in [0.717, 1.165) is 57.9 Å². The van der Waals surface area contributed by atoms with Crippen LogP contribution in [0.3, 0.4) is 0 Å². The number of phosphoric acid groups is 1. The molecule has 242 valence electrons. The smallest absolute Gasteiger partial charge is 0.462 e. The van der Waals surface area contributed by atoms with E-state index < -0.39 is 32.5 Å². The molecule has 0 radical (unpaired) electrons. The summed E-state index contributed by atoms with van der Waals surface area (Å²) in [6.45, 7) is 3.64. The van der Waals surface area contributed by atoms with Crippen molar-refractivity contribution in [2.45, 2.75) is 155 Å². The average Bonchev–Trinajstić information content (AvgIpc) is 2.91. The maximum absolute atomic E-state index is 12.2. The van der Waals surface area contributed by atoms with Gasteiger partial charge in [-0.2, -0.15) is 0 Å². The van der Waals surface area contributed by atoms with Gasteiger partial charge in [0.2, 0.25) is 5.91 Å². The Balaban J connectivity index is 3.97. The first-order valence-electron chi connectivity index (χ1n) is 15.9. The minimum absolute atomic E-state index is 0.0237. The number of rotatable bonds is 29. The van der Waals surface area contributed by atoms with Gasteiger partial charge in [-0.3, -0.25) is 18.9 Å². The summed E-state index contributed by atoms with van der Waals surface area (Å²) in [5.74, 6) is -0.899. The molecule has 10 nitrogen and oxygen atoms in total. The fourth-order valence-electron chi connectivity index (χ4n) is 4.45. The van der Waals surface area contributed by atoms with E-state index in [2.05, 4.69) is 16.8 Å². The molecule has 0 rings (SSSR count). The molecular weight excluding hydrogens is 549 g/mol. The van der Waals surface area contributed by atoms with Crippen LogP contribution in [0.25, 0.3) is 0 Å². The van der Waals surface area contributed by atoms with Gasteiger partial charge in [-0.1, -0.05) is 110 Å². The van der Waals surface area contributed by atoms with Gasteiger partial charge in [0.05, 0.1) is 6.61 Å². The molecule has 0 spiro atoms. The lowest BCUT2D eigenvalue weighted by Crippen LogP contribution is -2.29. The van der Waals surface area contributed by atoms with Crippen molar-refractivity contribution in [3.05, 3.63) is 0 Å². The monoisotopic (exact) mass is 607 g/mol. The molecular formula is C30H58NO9P. The molecule has 0 aromatic heterocycles. The second-order valence-corrected chi connectivity index (χ2v) is 12.2. The summed E-state index contributed by atoms with van der Waals surface area (Å²) < 4.78 is 26.1. The van der Waals surface area contributed by atoms with E-state index in [4.69, 9.17) is 19.3 Å². The van der Waals surface area contributed by atoms with Crippen LogP contribution in [-0.4, -0.2) is 53.5 Å². The molecule has 0 saturated heterocycles. The molecule has 0 aliphatic rings. The number of amides is 1. The second-order valence-electron chi connectivity index (χ2n) is 10.9. The quantitative estimate of drug-likeness (QED) is 0.0469. The minimum atomic E-state index is -4.75. The van der Waals surface area contributed by atoms with Crippen LogP contribution < -0.4 is 5.32 Å². The molecule has 0 fully saturated rings. The molecule has 41 heavy (non-hydrogen) atoms. The molecule has 1 amide bonds. The summed E-state index contributed by atoms with van der Waals surface area (Å²) in [5, 5.41) is 2.81. The number of nitrogens with one attached hydrogen (secondary N) is 1. The average molecular weight is 608 g/mol. The molecule has 0 heterocycles. The summed E-state index contributed by atoms with van der Waals surface area (Å²) in [5.41, 5.74) is 0. The van der Waals surface area contributed by atoms with Gasteiger partial charge in [-0.25, -0.2) is 4.57 Å². The van der Waals surface area contributed by atoms with E-state index >= 15 is 0 Å². The lowest BCUT2D eigenvalue weighted by atomic mass is 10.1. The normalized spacial score (nSPS) is 12.2. The predicted octanol–water partition coefficient (Wildman–Crippen LogP) is 6.90. The van der Waals surface area contributed by atoms with Crippen molar-refractivity contribution in [3.63, 3.8) is 0 Å². The molecule has 0 saturated carbocycles. The molecule has 0 aliphatic heterocycles. The minimum Gasteiger partial charge on any atom is -0.462 e. The zero-order chi connectivity index (χ0) is 30.6. The van der Waals surface area contributed by atoms with Crippen molar-refractivity contribution in [2.24, 2.45) is 0 Å². The van der Waals surface area contributed by atoms with Crippen molar-refractivity contribution in [2.75, 3.05) is 19.8 Å². The lowest BCUT2D eigenvalue weighted by molar-refractivity contribution is -0.161. The fraction of sp³-hybridized carbons (Fsp3) is 0.900. The van der Waals surface area contributed by atoms with Crippen molar-refractivity contribution in [3.8, 4) is 0 Å². The van der Waals surface area contributed by atoms with Gasteiger partial charge in [0.1, 0.15) is 6.61 Å². The van der Waals surface area contributed by atoms with Crippen LogP contribution in [0.15, 0.2) is 0 Å². The molecule has 0 unspecified atom stereocenters. The van der Waals surface area contributed by atoms with Gasteiger partial charge in [-0.15, -0.1) is 0 Å². The Kier molecular flexibility index (Phi) is 26.4. The third-order valence-electron chi connectivity index (χ3n) is 6.82. The van der Waals surface area contributed by atoms with Crippen LogP contribution in [0.1, 0.15) is 149 Å². The zero-order valence-electron chi connectivity index (χ0n) is 25.7. The van der Waals surface area contributed by atoms with E-state index in [1.54, 1.807) is 0 Å². The Morgan fingerprint density at radius 1 is 0.659 bits per heavy atom. The Morgan fingerprint density at radius 2 is 1.10 bits per heavy atom. The highest BCUT2D eigenvalue weighted by Crippen LogP contribution is 2.35. The fourth-order valence-corrected chi connectivity index (χ4v) is 4.81. The van der Waals surface area contributed by atoms with Crippen LogP contribution in [-0.2, 0) is 32.9 Å². The number of esters is 2. The summed E-state index contributed by atoms with van der Waals surface area (Å²) in [6.07, 6.45) is 20.1. The molecule has 0 aliphatic carbocycles. The van der Waals surface area contributed by atoms with Crippen LogP contribution in [0.2, 0.25) is 0 Å². The van der Waals surface area contributed by atoms with Gasteiger partial charge < -0.3 is 24.6 Å². The summed E-state index contributed by atoms with van der Waals surface area (Å²) >= 11 is 0. The first kappa shape index (κ1) is 39.5. The highest BCUT2D eigenvalue weighted by Gasteiger charge is 2.22. The number of hydrogen-bond donors (Lipinski definition) is 3. The van der Waals surface area contributed by atoms with Crippen molar-refractivity contribution in [1.82, 2.24) is 5.32 Å². The lowest BCUT2D eigenvalue weighted by Gasteiger charge is -2.18. The summed E-state index contributed by atoms with van der Waals surface area (Å²) in [4.78, 5) is 53.1. The molecule has 0 aromatic carbocycles. The van der Waals surface area contributed by atoms with E-state index in [9.17, 15) is 18.9 Å². The van der Waals surface area contributed by atoms with E-state index in [1.165, 1.54) is 64.7 Å². The SMILES string of the molecule is CCCCCCCCCCCC(=O)O[C@H](COC(=O)CCCCCCCCCCCCNC(C)=O)COP(=O)(O)O. The van der Waals surface area contributed by atoms with E-state index in [-0.39, 0.29) is 25.4 Å². The number of carbonyl (C=O) groups is 3. The Bertz CT molecular complexity index is 714. The Hall–Kier alpha value is -1.48. The maximum Gasteiger partial charge on any atom is 0.469 e. The first-order chi connectivity index (χ1) is 19.6. The van der Waals surface area contributed by atoms with Gasteiger partial charge in [0, 0.05) is 26.3 Å².